The summed E-state index contributed by atoms with van der Waals surface area (Å²) in [5.74, 6) is 0. The summed E-state index contributed by atoms with van der Waals surface area (Å²) < 4.78 is 5.79. The Bertz CT molecular complexity index is 656. The molecule has 0 radical (unpaired) electrons. The number of aromatic amines is 1. The summed E-state index contributed by atoms with van der Waals surface area (Å²) in [6.07, 6.45) is 5.57. The van der Waals surface area contributed by atoms with Crippen LogP contribution in [0.3, 0.4) is 0 Å². The van der Waals surface area contributed by atoms with Crippen molar-refractivity contribution in [1.29, 1.82) is 0 Å². The molecule has 0 amide bonds. The van der Waals surface area contributed by atoms with Crippen LogP contribution < -0.4 is 0 Å². The minimum absolute atomic E-state index is 0.671. The van der Waals surface area contributed by atoms with Gasteiger partial charge < -0.3 is 9.72 Å². The van der Waals surface area contributed by atoms with Crippen LogP contribution in [0.5, 0.6) is 0 Å². The zero-order valence-electron chi connectivity index (χ0n) is 11.4. The van der Waals surface area contributed by atoms with Gasteiger partial charge >= 0.3 is 0 Å². The van der Waals surface area contributed by atoms with E-state index in [1.165, 1.54) is 22.0 Å². The monoisotopic (exact) mass is 266 g/mol. The molecule has 0 bridgehead atoms. The minimum atomic E-state index is 0.671. The summed E-state index contributed by atoms with van der Waals surface area (Å²) in [5.41, 5.74) is 2.42. The van der Waals surface area contributed by atoms with E-state index < -0.39 is 0 Å². The third-order valence-corrected chi connectivity index (χ3v) is 3.43. The van der Waals surface area contributed by atoms with Crippen molar-refractivity contribution in [2.75, 3.05) is 6.61 Å². The molecule has 0 aliphatic rings. The second-order valence-electron chi connectivity index (χ2n) is 4.87. The first-order valence-electron chi connectivity index (χ1n) is 6.95. The molecule has 0 spiro atoms. The van der Waals surface area contributed by atoms with Gasteiger partial charge in [0.2, 0.25) is 0 Å². The lowest BCUT2D eigenvalue weighted by Gasteiger charge is -2.07. The van der Waals surface area contributed by atoms with E-state index in [4.69, 9.17) is 4.74 Å². The molecule has 0 atom stereocenters. The molecule has 3 heteroatoms. The fourth-order valence-electron chi connectivity index (χ4n) is 2.39. The molecule has 0 aliphatic carbocycles. The Balaban J connectivity index is 1.52. The first kappa shape index (κ1) is 12.9. The Labute approximate surface area is 118 Å². The van der Waals surface area contributed by atoms with Gasteiger partial charge in [-0.2, -0.15) is 0 Å². The molecular formula is C17H18N2O. The SMILES string of the molecule is c1ccc2c(COCCCc3cnc[nH]3)cccc2c1. The highest BCUT2D eigenvalue weighted by atomic mass is 16.5. The maximum Gasteiger partial charge on any atom is 0.0921 e. The zero-order valence-corrected chi connectivity index (χ0v) is 11.4. The molecule has 3 rings (SSSR count). The lowest BCUT2D eigenvalue weighted by atomic mass is 10.1. The van der Waals surface area contributed by atoms with Crippen LogP contribution in [-0.2, 0) is 17.8 Å². The van der Waals surface area contributed by atoms with E-state index in [0.717, 1.165) is 19.4 Å². The summed E-state index contributed by atoms with van der Waals surface area (Å²) in [7, 11) is 0. The van der Waals surface area contributed by atoms with Crippen molar-refractivity contribution in [1.82, 2.24) is 9.97 Å². The van der Waals surface area contributed by atoms with Crippen LogP contribution in [0, 0.1) is 0 Å². The van der Waals surface area contributed by atoms with Crippen LogP contribution in [0.25, 0.3) is 10.8 Å². The first-order valence-corrected chi connectivity index (χ1v) is 6.95. The molecule has 0 aliphatic heterocycles. The Morgan fingerprint density at radius 1 is 1.05 bits per heavy atom. The fraction of sp³-hybridized carbons (Fsp3) is 0.235. The van der Waals surface area contributed by atoms with E-state index in [0.29, 0.717) is 6.61 Å². The van der Waals surface area contributed by atoms with Crippen molar-refractivity contribution in [3.05, 3.63) is 66.2 Å². The lowest BCUT2D eigenvalue weighted by Crippen LogP contribution is -1.98. The van der Waals surface area contributed by atoms with Gasteiger partial charge in [-0.1, -0.05) is 42.5 Å². The van der Waals surface area contributed by atoms with Gasteiger partial charge in [0.15, 0.2) is 0 Å². The Morgan fingerprint density at radius 3 is 2.85 bits per heavy atom. The highest BCUT2D eigenvalue weighted by molar-refractivity contribution is 5.85. The fourth-order valence-corrected chi connectivity index (χ4v) is 2.39. The number of hydrogen-bond donors (Lipinski definition) is 1. The molecule has 1 aromatic heterocycles. The van der Waals surface area contributed by atoms with Gasteiger partial charge in [-0.25, -0.2) is 4.98 Å². The van der Waals surface area contributed by atoms with Gasteiger partial charge in [0, 0.05) is 18.5 Å². The summed E-state index contributed by atoms with van der Waals surface area (Å²) in [6, 6.07) is 14.8. The Kier molecular flexibility index (Phi) is 4.09. The third kappa shape index (κ3) is 3.06. The van der Waals surface area contributed by atoms with Gasteiger partial charge in [0.05, 0.1) is 12.9 Å². The summed E-state index contributed by atoms with van der Waals surface area (Å²) in [5, 5.41) is 2.55. The minimum Gasteiger partial charge on any atom is -0.377 e. The number of aryl methyl sites for hydroxylation is 1. The Hall–Kier alpha value is -2.13. The number of nitrogens with zero attached hydrogens (tertiary/aromatic N) is 1. The molecule has 0 fully saturated rings. The highest BCUT2D eigenvalue weighted by Crippen LogP contribution is 2.19. The number of fused-ring (bicyclic) bond motifs is 1. The molecule has 102 valence electrons. The molecule has 3 aromatic rings. The normalized spacial score (nSPS) is 11.0. The third-order valence-electron chi connectivity index (χ3n) is 3.43. The number of hydrogen-bond acceptors (Lipinski definition) is 2. The highest BCUT2D eigenvalue weighted by Gasteiger charge is 2.00. The Morgan fingerprint density at radius 2 is 1.95 bits per heavy atom. The van der Waals surface area contributed by atoms with Crippen LogP contribution in [0.4, 0.5) is 0 Å². The second kappa shape index (κ2) is 6.35. The van der Waals surface area contributed by atoms with Gasteiger partial charge in [0.1, 0.15) is 0 Å². The molecule has 0 unspecified atom stereocenters. The van der Waals surface area contributed by atoms with Crippen molar-refractivity contribution in [2.45, 2.75) is 19.4 Å². The predicted octanol–water partition coefficient (Wildman–Crippen LogP) is 3.71. The summed E-state index contributed by atoms with van der Waals surface area (Å²) >= 11 is 0. The lowest BCUT2D eigenvalue weighted by molar-refractivity contribution is 0.119. The second-order valence-corrected chi connectivity index (χ2v) is 4.87. The van der Waals surface area contributed by atoms with Gasteiger partial charge in [0.25, 0.3) is 0 Å². The van der Waals surface area contributed by atoms with Gasteiger partial charge in [-0.05, 0) is 29.2 Å². The van der Waals surface area contributed by atoms with Crippen molar-refractivity contribution in [3.63, 3.8) is 0 Å². The van der Waals surface area contributed by atoms with Crippen LogP contribution in [0.2, 0.25) is 0 Å². The number of imidazole rings is 1. The van der Waals surface area contributed by atoms with E-state index in [9.17, 15) is 0 Å². The van der Waals surface area contributed by atoms with Crippen LogP contribution in [0.1, 0.15) is 17.7 Å². The number of nitrogens with one attached hydrogen (secondary N) is 1. The smallest absolute Gasteiger partial charge is 0.0921 e. The maximum absolute atomic E-state index is 5.79. The number of H-pyrrole nitrogens is 1. The van der Waals surface area contributed by atoms with Crippen LogP contribution in [0.15, 0.2) is 55.0 Å². The number of aromatic nitrogens is 2. The van der Waals surface area contributed by atoms with Gasteiger partial charge in [-0.3, -0.25) is 0 Å². The zero-order chi connectivity index (χ0) is 13.6. The van der Waals surface area contributed by atoms with Crippen molar-refractivity contribution < 1.29 is 4.74 Å². The molecule has 1 heterocycles. The molecule has 1 N–H and O–H groups in total. The number of rotatable bonds is 6. The standard InChI is InChI=1S/C17H18N2O/c1-2-9-17-14(5-1)6-3-7-15(17)12-20-10-4-8-16-11-18-13-19-16/h1-3,5-7,9,11,13H,4,8,10,12H2,(H,18,19). The predicted molar refractivity (Wildman–Crippen MR) is 80.5 cm³/mol. The number of ether oxygens (including phenoxy) is 1. The average molecular weight is 266 g/mol. The maximum atomic E-state index is 5.79. The van der Waals surface area contributed by atoms with E-state index in [1.807, 2.05) is 6.20 Å². The summed E-state index contributed by atoms with van der Waals surface area (Å²) in [6.45, 7) is 1.44. The van der Waals surface area contributed by atoms with Crippen molar-refractivity contribution in [2.24, 2.45) is 0 Å². The molecule has 0 saturated carbocycles. The van der Waals surface area contributed by atoms with Crippen LogP contribution >= 0.6 is 0 Å². The van der Waals surface area contributed by atoms with E-state index in [-0.39, 0.29) is 0 Å². The summed E-state index contributed by atoms with van der Waals surface area (Å²) in [4.78, 5) is 7.11. The molecule has 0 saturated heterocycles. The van der Waals surface area contributed by atoms with Crippen LogP contribution in [-0.4, -0.2) is 16.6 Å². The molecule has 2 aromatic carbocycles. The molecule has 20 heavy (non-hydrogen) atoms. The van der Waals surface area contributed by atoms with Gasteiger partial charge in [-0.15, -0.1) is 0 Å². The van der Waals surface area contributed by atoms with E-state index >= 15 is 0 Å². The first-order chi connectivity index (χ1) is 9.93. The largest absolute Gasteiger partial charge is 0.377 e. The average Bonchev–Trinajstić information content (AvgIpc) is 3.00. The quantitative estimate of drug-likeness (QED) is 0.691. The topological polar surface area (TPSA) is 37.9 Å². The van der Waals surface area contributed by atoms with Crippen molar-refractivity contribution >= 4 is 10.8 Å². The molecular weight excluding hydrogens is 248 g/mol. The number of benzene rings is 2. The molecule has 3 nitrogen and oxygen atoms in total. The van der Waals surface area contributed by atoms with E-state index in [2.05, 4.69) is 52.4 Å². The van der Waals surface area contributed by atoms with Crippen molar-refractivity contribution in [3.8, 4) is 0 Å². The van der Waals surface area contributed by atoms with E-state index in [1.54, 1.807) is 6.33 Å².